The molecule has 2 aliphatic heterocycles. The minimum atomic E-state index is -0.0582. The van der Waals surface area contributed by atoms with Crippen molar-refractivity contribution >= 4 is 17.5 Å². The van der Waals surface area contributed by atoms with Crippen LogP contribution in [0.2, 0.25) is 0 Å². The van der Waals surface area contributed by atoms with Crippen LogP contribution >= 0.6 is 0 Å². The average Bonchev–Trinajstić information content (AvgIpc) is 2.90. The molecule has 0 radical (unpaired) electrons. The van der Waals surface area contributed by atoms with Gasteiger partial charge >= 0.3 is 0 Å². The molecule has 2 saturated heterocycles. The third-order valence-corrected chi connectivity index (χ3v) is 5.82. The van der Waals surface area contributed by atoms with E-state index in [0.29, 0.717) is 43.5 Å². The van der Waals surface area contributed by atoms with Gasteiger partial charge in [-0.1, -0.05) is 0 Å². The maximum absolute atomic E-state index is 12.8. The Balaban J connectivity index is 1.26. The van der Waals surface area contributed by atoms with Gasteiger partial charge in [-0.05, 0) is 36.4 Å². The number of pyridine rings is 1. The van der Waals surface area contributed by atoms with Crippen LogP contribution in [-0.2, 0) is 9.47 Å². The third kappa shape index (κ3) is 5.49. The van der Waals surface area contributed by atoms with Crippen LogP contribution in [0.15, 0.2) is 55.0 Å². The molecule has 0 saturated carbocycles. The summed E-state index contributed by atoms with van der Waals surface area (Å²) in [6.45, 7) is 3.78. The van der Waals surface area contributed by atoms with Crippen molar-refractivity contribution < 1.29 is 19.0 Å². The first kappa shape index (κ1) is 22.2. The van der Waals surface area contributed by atoms with Crippen molar-refractivity contribution in [2.75, 3.05) is 44.8 Å². The molecular weight excluding hydrogens is 434 g/mol. The van der Waals surface area contributed by atoms with Crippen LogP contribution in [0.3, 0.4) is 0 Å². The zero-order valence-electron chi connectivity index (χ0n) is 18.9. The molecule has 2 fully saturated rings. The predicted molar refractivity (Wildman–Crippen MR) is 126 cm³/mol. The maximum atomic E-state index is 12.8. The second-order valence-corrected chi connectivity index (χ2v) is 8.21. The molecule has 0 bridgehead atoms. The Morgan fingerprint density at radius 3 is 2.56 bits per heavy atom. The van der Waals surface area contributed by atoms with Crippen LogP contribution in [-0.4, -0.2) is 71.4 Å². The molecule has 1 N–H and O–H groups in total. The average molecular weight is 462 g/mol. The topological polar surface area (TPSA) is 98.7 Å². The number of morpholine rings is 1. The van der Waals surface area contributed by atoms with Gasteiger partial charge in [0, 0.05) is 43.9 Å². The van der Waals surface area contributed by atoms with E-state index in [9.17, 15) is 4.79 Å². The van der Waals surface area contributed by atoms with Gasteiger partial charge in [-0.15, -0.1) is 0 Å². The van der Waals surface area contributed by atoms with E-state index in [0.717, 1.165) is 43.1 Å². The second kappa shape index (κ2) is 10.6. The van der Waals surface area contributed by atoms with E-state index in [-0.39, 0.29) is 12.0 Å². The highest BCUT2D eigenvalue weighted by molar-refractivity contribution is 5.95. The zero-order valence-corrected chi connectivity index (χ0v) is 18.9. The van der Waals surface area contributed by atoms with E-state index in [1.165, 1.54) is 0 Å². The van der Waals surface area contributed by atoms with Crippen molar-refractivity contribution in [3.63, 3.8) is 0 Å². The van der Waals surface area contributed by atoms with Gasteiger partial charge in [0.2, 0.25) is 5.95 Å². The minimum Gasteiger partial charge on any atom is -0.490 e. The maximum Gasteiger partial charge on any atom is 0.255 e. The highest BCUT2D eigenvalue weighted by atomic mass is 16.5. The summed E-state index contributed by atoms with van der Waals surface area (Å²) < 4.78 is 16.8. The number of benzene rings is 1. The van der Waals surface area contributed by atoms with Crippen molar-refractivity contribution in [2.45, 2.75) is 18.9 Å². The lowest BCUT2D eigenvalue weighted by molar-refractivity contribution is 0.0255. The van der Waals surface area contributed by atoms with Gasteiger partial charge in [-0.3, -0.25) is 9.78 Å². The molecule has 4 heterocycles. The lowest BCUT2D eigenvalue weighted by Gasteiger charge is -2.26. The number of rotatable bonds is 6. The minimum absolute atomic E-state index is 0.0582. The van der Waals surface area contributed by atoms with Crippen molar-refractivity contribution in [1.29, 1.82) is 0 Å². The Bertz CT molecular complexity index is 1110. The Morgan fingerprint density at radius 2 is 1.76 bits per heavy atom. The molecule has 0 aliphatic carbocycles. The molecule has 9 nitrogen and oxygen atoms in total. The Kier molecular flexibility index (Phi) is 6.92. The molecule has 1 aromatic carbocycles. The molecule has 1 amide bonds. The molecule has 3 aromatic rings. The van der Waals surface area contributed by atoms with E-state index in [1.807, 2.05) is 30.3 Å². The van der Waals surface area contributed by atoms with Gasteiger partial charge in [0.05, 0.1) is 49.6 Å². The number of nitrogens with zero attached hydrogens (tertiary/aromatic N) is 4. The third-order valence-electron chi connectivity index (χ3n) is 5.82. The summed E-state index contributed by atoms with van der Waals surface area (Å²) in [6, 6.07) is 11.5. The van der Waals surface area contributed by atoms with E-state index in [1.54, 1.807) is 29.6 Å². The fraction of sp³-hybridized carbons (Fsp3) is 0.360. The summed E-state index contributed by atoms with van der Waals surface area (Å²) in [6.07, 6.45) is 6.95. The summed E-state index contributed by atoms with van der Waals surface area (Å²) in [5, 5.41) is 3.16. The number of anilines is 2. The van der Waals surface area contributed by atoms with Crippen LogP contribution < -0.4 is 10.1 Å². The Labute approximate surface area is 198 Å². The molecule has 0 atom stereocenters. The van der Waals surface area contributed by atoms with Crippen LogP contribution in [0, 0.1) is 0 Å². The SMILES string of the molecule is O=C(c1cncc(Nc2nccc(-c3ccc(OC4CCOCC4)cc3)n2)c1)N1CCOCC1. The first-order chi connectivity index (χ1) is 16.7. The fourth-order valence-corrected chi connectivity index (χ4v) is 3.97. The molecule has 9 heteroatoms. The number of carbonyl (C=O) groups excluding carboxylic acids is 1. The largest absolute Gasteiger partial charge is 0.490 e. The Morgan fingerprint density at radius 1 is 1.00 bits per heavy atom. The summed E-state index contributed by atoms with van der Waals surface area (Å²) in [7, 11) is 0. The van der Waals surface area contributed by atoms with Gasteiger partial charge in [0.1, 0.15) is 11.9 Å². The molecule has 0 unspecified atom stereocenters. The summed E-state index contributed by atoms with van der Waals surface area (Å²) in [4.78, 5) is 27.7. The number of hydrogen-bond donors (Lipinski definition) is 1. The number of ether oxygens (including phenoxy) is 3. The first-order valence-electron chi connectivity index (χ1n) is 11.5. The van der Waals surface area contributed by atoms with E-state index in [4.69, 9.17) is 14.2 Å². The number of aromatic nitrogens is 3. The standard InChI is InChI=1S/C25H27N5O4/c31-24(30-9-13-33-14-10-30)19-15-20(17-26-16-19)28-25-27-8-5-23(29-25)18-1-3-21(4-2-18)34-22-6-11-32-12-7-22/h1-5,8,15-17,22H,6-7,9-14H2,(H,27,28,29). The molecule has 2 aromatic heterocycles. The van der Waals surface area contributed by atoms with Gasteiger partial charge in [-0.2, -0.15) is 0 Å². The van der Waals surface area contributed by atoms with Crippen molar-refractivity contribution in [1.82, 2.24) is 19.9 Å². The monoisotopic (exact) mass is 461 g/mol. The number of amides is 1. The lowest BCUT2D eigenvalue weighted by atomic mass is 10.1. The van der Waals surface area contributed by atoms with Gasteiger partial charge < -0.3 is 24.4 Å². The fourth-order valence-electron chi connectivity index (χ4n) is 3.97. The number of hydrogen-bond acceptors (Lipinski definition) is 8. The Hall–Kier alpha value is -3.56. The smallest absolute Gasteiger partial charge is 0.255 e. The summed E-state index contributed by atoms with van der Waals surface area (Å²) >= 11 is 0. The van der Waals surface area contributed by atoms with E-state index < -0.39 is 0 Å². The summed E-state index contributed by atoms with van der Waals surface area (Å²) in [5.41, 5.74) is 2.91. The van der Waals surface area contributed by atoms with Gasteiger partial charge in [0.15, 0.2) is 0 Å². The van der Waals surface area contributed by atoms with Crippen molar-refractivity contribution in [3.8, 4) is 17.0 Å². The number of nitrogens with one attached hydrogen (secondary N) is 1. The van der Waals surface area contributed by atoms with Crippen molar-refractivity contribution in [3.05, 3.63) is 60.6 Å². The van der Waals surface area contributed by atoms with Crippen LogP contribution in [0.25, 0.3) is 11.3 Å². The predicted octanol–water partition coefficient (Wildman–Crippen LogP) is 3.31. The van der Waals surface area contributed by atoms with Gasteiger partial charge in [0.25, 0.3) is 5.91 Å². The van der Waals surface area contributed by atoms with E-state index >= 15 is 0 Å². The molecule has 5 rings (SSSR count). The highest BCUT2D eigenvalue weighted by Gasteiger charge is 2.19. The molecule has 2 aliphatic rings. The zero-order chi connectivity index (χ0) is 23.2. The van der Waals surface area contributed by atoms with Crippen molar-refractivity contribution in [2.24, 2.45) is 0 Å². The normalized spacial score (nSPS) is 16.8. The molecule has 176 valence electrons. The highest BCUT2D eigenvalue weighted by Crippen LogP contribution is 2.24. The van der Waals surface area contributed by atoms with Crippen LogP contribution in [0.5, 0.6) is 5.75 Å². The van der Waals surface area contributed by atoms with Gasteiger partial charge in [-0.25, -0.2) is 9.97 Å². The molecule has 0 spiro atoms. The summed E-state index contributed by atoms with van der Waals surface area (Å²) in [5.74, 6) is 1.21. The molecular formula is C25H27N5O4. The second-order valence-electron chi connectivity index (χ2n) is 8.21. The first-order valence-corrected chi connectivity index (χ1v) is 11.5. The lowest BCUT2D eigenvalue weighted by Crippen LogP contribution is -2.40. The van der Waals surface area contributed by atoms with E-state index in [2.05, 4.69) is 20.3 Å². The number of carbonyl (C=O) groups is 1. The molecule has 34 heavy (non-hydrogen) atoms. The van der Waals surface area contributed by atoms with Crippen LogP contribution in [0.4, 0.5) is 11.6 Å². The van der Waals surface area contributed by atoms with Crippen LogP contribution in [0.1, 0.15) is 23.2 Å². The quantitative estimate of drug-likeness (QED) is 0.597.